The highest BCUT2D eigenvalue weighted by molar-refractivity contribution is 5.99. The number of carbonyl (C=O) groups is 4. The Bertz CT molecular complexity index is 2690. The third kappa shape index (κ3) is 10.9. The second-order valence-corrected chi connectivity index (χ2v) is 19.6. The number of hydrogen-bond donors (Lipinski definition) is 4. The van der Waals surface area contributed by atoms with Crippen LogP contribution in [0.3, 0.4) is 0 Å². The summed E-state index contributed by atoms with van der Waals surface area (Å²) >= 11 is 0. The molecule has 0 spiro atoms. The van der Waals surface area contributed by atoms with E-state index in [-0.39, 0.29) is 50.0 Å². The number of aliphatic hydroxyl groups is 1. The number of methoxy groups -OCH3 is 1. The highest BCUT2D eigenvalue weighted by atomic mass is 16.5. The van der Waals surface area contributed by atoms with Gasteiger partial charge in [-0.25, -0.2) is 5.43 Å². The van der Waals surface area contributed by atoms with Crippen LogP contribution < -0.4 is 10.7 Å². The molecule has 6 bridgehead atoms. The number of esters is 1. The molecule has 14 heteroatoms. The van der Waals surface area contributed by atoms with Gasteiger partial charge in [-0.3, -0.25) is 29.2 Å². The van der Waals surface area contributed by atoms with Gasteiger partial charge < -0.3 is 34.5 Å². The second-order valence-electron chi connectivity index (χ2n) is 19.6. The number of rotatable bonds is 13. The first kappa shape index (κ1) is 50.5. The van der Waals surface area contributed by atoms with Crippen molar-refractivity contribution in [2.45, 2.75) is 110 Å². The van der Waals surface area contributed by atoms with E-state index in [1.165, 1.54) is 9.91 Å². The summed E-state index contributed by atoms with van der Waals surface area (Å²) in [5.74, 6) is -2.90. The quantitative estimate of drug-likeness (QED) is 0.0678. The maximum absolute atomic E-state index is 14.8. The van der Waals surface area contributed by atoms with Crippen molar-refractivity contribution in [2.75, 3.05) is 33.9 Å². The third-order valence-electron chi connectivity index (χ3n) is 13.6. The van der Waals surface area contributed by atoms with Crippen molar-refractivity contribution in [3.05, 3.63) is 120 Å². The molecule has 0 aliphatic carbocycles. The highest BCUT2D eigenvalue weighted by Gasteiger charge is 2.39. The summed E-state index contributed by atoms with van der Waals surface area (Å²) in [6.45, 7) is 16.9. The number of phenolic OH excluding ortho intramolecular Hbond substituents is 1. The molecule has 0 radical (unpaired) electrons. The molecule has 14 nitrogen and oxygen atoms in total. The standard InChI is InChI=1S/C55H68N6O8/c1-10-60-47-21-20-38-30-43(47)44(50(60)42-18-14-23-56-48(42)35(5)68-9)31-55(6,7)32-69-54(67)45-19-15-24-61(58-45)53(66)46(28-36-26-39(38)29-40(63)27-36)57-51(64)49(33(2)3)59(8)52(65)34(4)41(22-25-62)37-16-12-11-13-17-37/h11-14,16-18,20-21,23,26-27,29-30,33,35,41,45-46,49,58,62-63H,4,10,15,19,22,24-25,28,31-32H2,1-3,5-9H3,(H,57,64)/t35-,41+,45-,46-,49?/m0/s1. The summed E-state index contributed by atoms with van der Waals surface area (Å²) in [4.78, 5) is 63.8. The van der Waals surface area contributed by atoms with Crippen molar-refractivity contribution in [3.8, 4) is 28.1 Å². The fourth-order valence-corrected chi connectivity index (χ4v) is 10.1. The predicted octanol–water partition coefficient (Wildman–Crippen LogP) is 7.66. The molecule has 2 aromatic heterocycles. The summed E-state index contributed by atoms with van der Waals surface area (Å²) in [6, 6.07) is 21.7. The Morgan fingerprint density at radius 1 is 1.04 bits per heavy atom. The minimum atomic E-state index is -1.19. The number of aromatic hydroxyl groups is 1. The van der Waals surface area contributed by atoms with Gasteiger partial charge in [-0.15, -0.1) is 0 Å². The van der Waals surface area contributed by atoms with Gasteiger partial charge in [-0.2, -0.15) is 0 Å². The highest BCUT2D eigenvalue weighted by Crippen LogP contribution is 2.42. The Hall–Kier alpha value is -6.35. The summed E-state index contributed by atoms with van der Waals surface area (Å²) in [5, 5.41) is 26.7. The zero-order chi connectivity index (χ0) is 49.7. The Morgan fingerprint density at radius 3 is 2.49 bits per heavy atom. The van der Waals surface area contributed by atoms with Crippen molar-refractivity contribution in [2.24, 2.45) is 11.3 Å². The fraction of sp³-hybridized carbons (Fsp3) is 0.436. The molecule has 366 valence electrons. The molecule has 4 heterocycles. The first-order chi connectivity index (χ1) is 33.0. The molecule has 3 aromatic carbocycles. The molecular weight excluding hydrogens is 873 g/mol. The maximum atomic E-state index is 14.8. The minimum Gasteiger partial charge on any atom is -0.508 e. The van der Waals surface area contributed by atoms with Crippen LogP contribution in [0.2, 0.25) is 0 Å². The smallest absolute Gasteiger partial charge is 0.324 e. The van der Waals surface area contributed by atoms with Gasteiger partial charge >= 0.3 is 5.97 Å². The van der Waals surface area contributed by atoms with Crippen LogP contribution in [0.4, 0.5) is 0 Å². The van der Waals surface area contributed by atoms with Gasteiger partial charge in [0.2, 0.25) is 11.8 Å². The number of nitrogens with one attached hydrogen (secondary N) is 2. The molecule has 5 atom stereocenters. The van der Waals surface area contributed by atoms with Gasteiger partial charge in [-0.1, -0.05) is 76.7 Å². The molecule has 2 aliphatic rings. The van der Waals surface area contributed by atoms with Crippen LogP contribution in [0.1, 0.15) is 95.2 Å². The molecule has 3 amide bonds. The Labute approximate surface area is 405 Å². The zero-order valence-electron chi connectivity index (χ0n) is 41.3. The number of cyclic esters (lactones) is 1. The van der Waals surface area contributed by atoms with E-state index in [4.69, 9.17) is 14.5 Å². The monoisotopic (exact) mass is 941 g/mol. The van der Waals surface area contributed by atoms with Crippen molar-refractivity contribution in [3.63, 3.8) is 0 Å². The van der Waals surface area contributed by atoms with E-state index in [1.807, 2.05) is 69.3 Å². The van der Waals surface area contributed by atoms with E-state index < -0.39 is 59.1 Å². The number of ether oxygens (including phenoxy) is 2. The van der Waals surface area contributed by atoms with Crippen LogP contribution in [0.15, 0.2) is 97.2 Å². The van der Waals surface area contributed by atoms with E-state index in [0.717, 1.165) is 44.5 Å². The van der Waals surface area contributed by atoms with Crippen LogP contribution in [0, 0.1) is 11.3 Å². The van der Waals surface area contributed by atoms with E-state index in [2.05, 4.69) is 60.9 Å². The lowest BCUT2D eigenvalue weighted by Gasteiger charge is -2.37. The van der Waals surface area contributed by atoms with Gasteiger partial charge in [0.25, 0.3) is 5.91 Å². The molecule has 7 rings (SSSR count). The van der Waals surface area contributed by atoms with Crippen molar-refractivity contribution in [1.82, 2.24) is 30.2 Å². The van der Waals surface area contributed by atoms with Gasteiger partial charge in [0.1, 0.15) is 23.9 Å². The molecule has 5 aromatic rings. The van der Waals surface area contributed by atoms with Gasteiger partial charge in [0.05, 0.1) is 24.1 Å². The summed E-state index contributed by atoms with van der Waals surface area (Å²) in [5.41, 5.74) is 10.5. The number of benzene rings is 3. The van der Waals surface area contributed by atoms with E-state index in [1.54, 1.807) is 32.5 Å². The van der Waals surface area contributed by atoms with Crippen LogP contribution >= 0.6 is 0 Å². The number of phenols is 1. The first-order valence-electron chi connectivity index (χ1n) is 24.1. The van der Waals surface area contributed by atoms with Gasteiger partial charge in [0, 0.05) is 79.8 Å². The molecule has 69 heavy (non-hydrogen) atoms. The third-order valence-corrected chi connectivity index (χ3v) is 13.6. The number of nitrogens with zero attached hydrogens (tertiary/aromatic N) is 4. The molecule has 2 aliphatic heterocycles. The summed E-state index contributed by atoms with van der Waals surface area (Å²) in [6.07, 6.45) is 3.19. The number of aromatic nitrogens is 2. The van der Waals surface area contributed by atoms with Crippen molar-refractivity contribution in [1.29, 1.82) is 0 Å². The average molecular weight is 941 g/mol. The molecule has 0 saturated carbocycles. The zero-order valence-corrected chi connectivity index (χ0v) is 41.3. The van der Waals surface area contributed by atoms with E-state index in [0.29, 0.717) is 36.9 Å². The summed E-state index contributed by atoms with van der Waals surface area (Å²) < 4.78 is 14.2. The number of pyridine rings is 1. The van der Waals surface area contributed by atoms with Crippen molar-refractivity contribution >= 4 is 34.6 Å². The molecule has 1 unspecified atom stereocenters. The summed E-state index contributed by atoms with van der Waals surface area (Å²) in [7, 11) is 3.22. The number of aryl methyl sites for hydroxylation is 1. The normalized spacial score (nSPS) is 18.8. The largest absolute Gasteiger partial charge is 0.508 e. The van der Waals surface area contributed by atoms with Gasteiger partial charge in [-0.05, 0) is 110 Å². The number of fused-ring (bicyclic) bond motifs is 6. The molecule has 1 fully saturated rings. The topological polar surface area (TPSA) is 176 Å². The molecule has 1 saturated heterocycles. The lowest BCUT2D eigenvalue weighted by atomic mass is 9.84. The van der Waals surface area contributed by atoms with E-state index in [9.17, 15) is 29.4 Å². The van der Waals surface area contributed by atoms with Crippen LogP contribution in [-0.2, 0) is 48.0 Å². The lowest BCUT2D eigenvalue weighted by Crippen LogP contribution is -2.62. The maximum Gasteiger partial charge on any atom is 0.324 e. The number of hydrogen-bond acceptors (Lipinski definition) is 10. The average Bonchev–Trinajstić information content (AvgIpc) is 3.64. The first-order valence-corrected chi connectivity index (χ1v) is 24.1. The number of amides is 3. The van der Waals surface area contributed by atoms with Crippen LogP contribution in [0.5, 0.6) is 5.75 Å². The Kier molecular flexibility index (Phi) is 15.8. The molecule has 4 N–H and O–H groups in total. The fourth-order valence-electron chi connectivity index (χ4n) is 10.1. The number of hydrazine groups is 1. The number of likely N-dealkylation sites (N-methyl/N-ethyl adjacent to an activating group) is 1. The lowest BCUT2D eigenvalue weighted by molar-refractivity contribution is -0.155. The van der Waals surface area contributed by atoms with Crippen LogP contribution in [-0.4, -0.2) is 105 Å². The minimum absolute atomic E-state index is 0.0186. The van der Waals surface area contributed by atoms with Crippen LogP contribution in [0.25, 0.3) is 33.3 Å². The molecular formula is C55H68N6O8. The SMILES string of the molecule is C=C(C(=O)N(C)C(C(=O)N[C@H]1Cc2cc(O)cc(c2)-c2ccc3c(c2)c(c(-c2cccnc2[C@H](C)OC)n3CC)CC(C)(C)COC(=O)[C@@H]2CCCN(N2)C1=O)C(C)C)[C@@H](CCO)c1ccccc1. The van der Waals surface area contributed by atoms with Crippen molar-refractivity contribution < 1.29 is 38.9 Å². The van der Waals surface area contributed by atoms with E-state index >= 15 is 0 Å². The number of aliphatic hydroxyl groups excluding tert-OH is 1. The van der Waals surface area contributed by atoms with Gasteiger partial charge in [0.15, 0.2) is 0 Å². The predicted molar refractivity (Wildman–Crippen MR) is 267 cm³/mol. The Balaban J connectivity index is 1.31. The number of carbonyl (C=O) groups excluding carboxylic acids is 4. The second kappa shape index (κ2) is 21.5. The Morgan fingerprint density at radius 2 is 1.80 bits per heavy atom.